The number of nitrogens with one attached hydrogen (secondary N) is 1. The molecule has 0 atom stereocenters. The quantitative estimate of drug-likeness (QED) is 0.838. The summed E-state index contributed by atoms with van der Waals surface area (Å²) < 4.78 is 13.0. The summed E-state index contributed by atoms with van der Waals surface area (Å²) in [6, 6.07) is 8.12. The number of pyridine rings is 1. The number of benzene rings is 1. The second kappa shape index (κ2) is 6.09. The van der Waals surface area contributed by atoms with Crippen molar-refractivity contribution in [1.29, 1.82) is 0 Å². The van der Waals surface area contributed by atoms with E-state index in [1.165, 1.54) is 12.1 Å². The average Bonchev–Trinajstić information content (AvgIpc) is 2.42. The van der Waals surface area contributed by atoms with Gasteiger partial charge in [-0.2, -0.15) is 0 Å². The van der Waals surface area contributed by atoms with Crippen molar-refractivity contribution in [1.82, 2.24) is 10.3 Å². The van der Waals surface area contributed by atoms with Gasteiger partial charge in [0.1, 0.15) is 5.82 Å². The molecule has 0 unspecified atom stereocenters. The maximum absolute atomic E-state index is 13.0. The predicted octanol–water partition coefficient (Wildman–Crippen LogP) is 2.61. The molecule has 0 aliphatic rings. The third-order valence-corrected chi connectivity index (χ3v) is 2.76. The van der Waals surface area contributed by atoms with Gasteiger partial charge < -0.3 is 5.32 Å². The van der Waals surface area contributed by atoms with E-state index >= 15 is 0 Å². The molecule has 0 saturated heterocycles. The van der Waals surface area contributed by atoms with Crippen molar-refractivity contribution in [3.63, 3.8) is 0 Å². The number of amides is 1. The molecule has 2 rings (SSSR count). The smallest absolute Gasteiger partial charge is 0.220 e. The van der Waals surface area contributed by atoms with Crippen molar-refractivity contribution in [2.45, 2.75) is 12.8 Å². The molecule has 1 N–H and O–H groups in total. The molecule has 3 nitrogen and oxygen atoms in total. The fourth-order valence-corrected chi connectivity index (χ4v) is 1.79. The van der Waals surface area contributed by atoms with Crippen molar-refractivity contribution >= 4 is 16.8 Å². The normalized spacial score (nSPS) is 10.4. The van der Waals surface area contributed by atoms with Gasteiger partial charge in [0, 0.05) is 24.0 Å². The standard InChI is InChI=1S/C15H15FN2O/c1-2-9-17-15(19)8-6-13-5-3-11-10-12(16)4-7-14(11)18-13/h2-5,7,10H,1,6,8-9H2,(H,17,19). The van der Waals surface area contributed by atoms with Crippen LogP contribution >= 0.6 is 0 Å². The lowest BCUT2D eigenvalue weighted by Gasteiger charge is -2.04. The van der Waals surface area contributed by atoms with Crippen LogP contribution in [0.1, 0.15) is 12.1 Å². The Bertz CT molecular complexity index is 610. The fourth-order valence-electron chi connectivity index (χ4n) is 1.79. The van der Waals surface area contributed by atoms with Crippen molar-refractivity contribution in [3.8, 4) is 0 Å². The molecule has 1 amide bonds. The number of fused-ring (bicyclic) bond motifs is 1. The van der Waals surface area contributed by atoms with E-state index in [4.69, 9.17) is 0 Å². The molecule has 0 spiro atoms. The highest BCUT2D eigenvalue weighted by molar-refractivity contribution is 5.79. The molecule has 1 heterocycles. The van der Waals surface area contributed by atoms with E-state index in [1.54, 1.807) is 12.1 Å². The zero-order valence-electron chi connectivity index (χ0n) is 10.5. The first-order valence-electron chi connectivity index (χ1n) is 6.12. The van der Waals surface area contributed by atoms with Crippen LogP contribution in [0.15, 0.2) is 43.0 Å². The van der Waals surface area contributed by atoms with Gasteiger partial charge in [-0.25, -0.2) is 4.39 Å². The highest BCUT2D eigenvalue weighted by Gasteiger charge is 2.03. The molecule has 2 aromatic rings. The van der Waals surface area contributed by atoms with Crippen molar-refractivity contribution in [3.05, 3.63) is 54.5 Å². The van der Waals surface area contributed by atoms with E-state index in [0.29, 0.717) is 19.4 Å². The zero-order chi connectivity index (χ0) is 13.7. The number of carbonyl (C=O) groups is 1. The van der Waals surface area contributed by atoms with Gasteiger partial charge in [-0.3, -0.25) is 9.78 Å². The minimum Gasteiger partial charge on any atom is -0.353 e. The van der Waals surface area contributed by atoms with E-state index in [0.717, 1.165) is 16.6 Å². The number of carbonyl (C=O) groups excluding carboxylic acids is 1. The third kappa shape index (κ3) is 3.61. The highest BCUT2D eigenvalue weighted by atomic mass is 19.1. The van der Waals surface area contributed by atoms with E-state index in [-0.39, 0.29) is 11.7 Å². The Morgan fingerprint density at radius 2 is 2.21 bits per heavy atom. The number of halogens is 1. The van der Waals surface area contributed by atoms with E-state index < -0.39 is 0 Å². The minimum absolute atomic E-state index is 0.0269. The lowest BCUT2D eigenvalue weighted by molar-refractivity contribution is -0.120. The average molecular weight is 258 g/mol. The Morgan fingerprint density at radius 1 is 1.37 bits per heavy atom. The molecule has 0 radical (unpaired) electrons. The molecule has 4 heteroatoms. The summed E-state index contributed by atoms with van der Waals surface area (Å²) in [5, 5.41) is 3.48. The molecular formula is C15H15FN2O. The molecule has 1 aromatic heterocycles. The lowest BCUT2D eigenvalue weighted by atomic mass is 10.1. The Hall–Kier alpha value is -2.23. The number of rotatable bonds is 5. The second-order valence-corrected chi connectivity index (χ2v) is 4.23. The number of aryl methyl sites for hydroxylation is 1. The van der Waals surface area contributed by atoms with Crippen LogP contribution in [0, 0.1) is 5.82 Å². The molecule has 0 fully saturated rings. The van der Waals surface area contributed by atoms with Crippen LogP contribution in [0.4, 0.5) is 4.39 Å². The van der Waals surface area contributed by atoms with Crippen LogP contribution in [-0.2, 0) is 11.2 Å². The van der Waals surface area contributed by atoms with Gasteiger partial charge in [0.05, 0.1) is 5.52 Å². The molecule has 1 aromatic carbocycles. The van der Waals surface area contributed by atoms with Crippen LogP contribution in [0.25, 0.3) is 10.9 Å². The molecule has 19 heavy (non-hydrogen) atoms. The maximum atomic E-state index is 13.0. The van der Waals surface area contributed by atoms with Gasteiger partial charge >= 0.3 is 0 Å². The summed E-state index contributed by atoms with van der Waals surface area (Å²) in [7, 11) is 0. The monoisotopic (exact) mass is 258 g/mol. The van der Waals surface area contributed by atoms with Crippen LogP contribution in [0.5, 0.6) is 0 Å². The Labute approximate surface area is 111 Å². The first-order chi connectivity index (χ1) is 9.19. The molecule has 98 valence electrons. The SMILES string of the molecule is C=CCNC(=O)CCc1ccc2cc(F)ccc2n1. The van der Waals surface area contributed by atoms with E-state index in [2.05, 4.69) is 16.9 Å². The molecule has 0 aliphatic carbocycles. The summed E-state index contributed by atoms with van der Waals surface area (Å²) >= 11 is 0. The predicted molar refractivity (Wildman–Crippen MR) is 73.2 cm³/mol. The van der Waals surface area contributed by atoms with Gasteiger partial charge in [0.2, 0.25) is 5.91 Å². The first-order valence-corrected chi connectivity index (χ1v) is 6.12. The van der Waals surface area contributed by atoms with Gasteiger partial charge in [-0.05, 0) is 30.7 Å². The maximum Gasteiger partial charge on any atom is 0.220 e. The molecule has 0 saturated carbocycles. The first kappa shape index (κ1) is 13.2. The summed E-state index contributed by atoms with van der Waals surface area (Å²) in [5.74, 6) is -0.299. The van der Waals surface area contributed by atoms with E-state index in [9.17, 15) is 9.18 Å². The van der Waals surface area contributed by atoms with Gasteiger partial charge in [-0.15, -0.1) is 6.58 Å². The Kier molecular flexibility index (Phi) is 4.23. The van der Waals surface area contributed by atoms with Crippen LogP contribution in [-0.4, -0.2) is 17.4 Å². The Morgan fingerprint density at radius 3 is 3.00 bits per heavy atom. The van der Waals surface area contributed by atoms with Crippen molar-refractivity contribution in [2.75, 3.05) is 6.54 Å². The van der Waals surface area contributed by atoms with Gasteiger partial charge in [0.15, 0.2) is 0 Å². The second-order valence-electron chi connectivity index (χ2n) is 4.23. The topological polar surface area (TPSA) is 42.0 Å². The molecule has 0 aliphatic heterocycles. The number of aromatic nitrogens is 1. The van der Waals surface area contributed by atoms with Gasteiger partial charge in [-0.1, -0.05) is 12.1 Å². The largest absolute Gasteiger partial charge is 0.353 e. The fraction of sp³-hybridized carbons (Fsp3) is 0.200. The summed E-state index contributed by atoms with van der Waals surface area (Å²) in [6.45, 7) is 4.01. The number of hydrogen-bond acceptors (Lipinski definition) is 2. The van der Waals surface area contributed by atoms with E-state index in [1.807, 2.05) is 12.1 Å². The minimum atomic E-state index is -0.272. The van der Waals surface area contributed by atoms with Crippen molar-refractivity contribution in [2.24, 2.45) is 0 Å². The highest BCUT2D eigenvalue weighted by Crippen LogP contribution is 2.14. The third-order valence-electron chi connectivity index (χ3n) is 2.76. The lowest BCUT2D eigenvalue weighted by Crippen LogP contribution is -2.23. The number of hydrogen-bond donors (Lipinski definition) is 1. The molecular weight excluding hydrogens is 243 g/mol. The van der Waals surface area contributed by atoms with Crippen LogP contribution in [0.3, 0.4) is 0 Å². The van der Waals surface area contributed by atoms with Gasteiger partial charge in [0.25, 0.3) is 0 Å². The summed E-state index contributed by atoms with van der Waals surface area (Å²) in [5.41, 5.74) is 1.57. The Balaban J connectivity index is 2.03. The molecule has 0 bridgehead atoms. The zero-order valence-corrected chi connectivity index (χ0v) is 10.5. The van der Waals surface area contributed by atoms with Crippen LogP contribution in [0.2, 0.25) is 0 Å². The number of nitrogens with zero attached hydrogens (tertiary/aromatic N) is 1. The van der Waals surface area contributed by atoms with Crippen LogP contribution < -0.4 is 5.32 Å². The summed E-state index contributed by atoms with van der Waals surface area (Å²) in [4.78, 5) is 15.8. The van der Waals surface area contributed by atoms with Crippen molar-refractivity contribution < 1.29 is 9.18 Å². The summed E-state index contributed by atoms with van der Waals surface area (Å²) in [6.07, 6.45) is 2.59.